The standard InChI is InChI=1S/C18H19BF6O7S/c19-10-13-6-4-12(5-7-13)8-9-31-14(26)2-1-3-15(27)32-16(17(20,21)22,18(23,24)25)11-33(28,29)30/h4-7H,1-3,8-11H2,(H,28,29,30). The van der Waals surface area contributed by atoms with Gasteiger partial charge in [0, 0.05) is 19.3 Å². The number of esters is 2. The van der Waals surface area contributed by atoms with Crippen molar-refractivity contribution in [1.82, 2.24) is 0 Å². The highest BCUT2D eigenvalue weighted by Gasteiger charge is 2.75. The molecule has 0 aromatic heterocycles. The van der Waals surface area contributed by atoms with Crippen LogP contribution in [0.4, 0.5) is 26.3 Å². The van der Waals surface area contributed by atoms with Crippen LogP contribution in [0.1, 0.15) is 30.4 Å². The molecule has 33 heavy (non-hydrogen) atoms. The molecule has 0 atom stereocenters. The zero-order valence-electron chi connectivity index (χ0n) is 16.9. The van der Waals surface area contributed by atoms with Crippen molar-refractivity contribution in [3.8, 4) is 0 Å². The number of alkyl halides is 6. The molecular weight excluding hydrogens is 485 g/mol. The highest BCUT2D eigenvalue weighted by atomic mass is 32.2. The normalized spacial score (nSPS) is 12.9. The minimum Gasteiger partial charge on any atom is -0.465 e. The van der Waals surface area contributed by atoms with Gasteiger partial charge >= 0.3 is 29.9 Å². The molecule has 15 heteroatoms. The van der Waals surface area contributed by atoms with Crippen molar-refractivity contribution < 1.29 is 58.4 Å². The Hall–Kier alpha value is -2.29. The van der Waals surface area contributed by atoms with Gasteiger partial charge in [0.25, 0.3) is 10.1 Å². The summed E-state index contributed by atoms with van der Waals surface area (Å²) >= 11 is 0. The zero-order chi connectivity index (χ0) is 25.5. The van der Waals surface area contributed by atoms with Crippen LogP contribution in [0, 0.1) is 0 Å². The number of carbonyl (C=O) groups excluding carboxylic acids is 2. The summed E-state index contributed by atoms with van der Waals surface area (Å²) in [7, 11) is -0.403. The van der Waals surface area contributed by atoms with Crippen LogP contribution in [0.5, 0.6) is 0 Å². The Labute approximate surface area is 186 Å². The first-order chi connectivity index (χ1) is 15.0. The largest absolute Gasteiger partial charge is 0.465 e. The van der Waals surface area contributed by atoms with Crippen LogP contribution in [0.2, 0.25) is 0 Å². The monoisotopic (exact) mass is 504 g/mol. The van der Waals surface area contributed by atoms with Gasteiger partial charge in [-0.2, -0.15) is 34.8 Å². The lowest BCUT2D eigenvalue weighted by molar-refractivity contribution is -0.361. The predicted octanol–water partition coefficient (Wildman–Crippen LogP) is 2.91. The van der Waals surface area contributed by atoms with E-state index in [1.807, 2.05) is 0 Å². The van der Waals surface area contributed by atoms with Gasteiger partial charge in [-0.15, -0.1) is 0 Å². The van der Waals surface area contributed by atoms with Gasteiger partial charge in [-0.25, -0.2) is 0 Å². The van der Waals surface area contributed by atoms with Gasteiger partial charge < -0.3 is 9.47 Å². The first-order valence-electron chi connectivity index (χ1n) is 9.25. The fraction of sp³-hybridized carbons (Fsp3) is 0.556. The summed E-state index contributed by atoms with van der Waals surface area (Å²) in [6.45, 7) is -0.0646. The van der Waals surface area contributed by atoms with Crippen LogP contribution in [-0.4, -0.2) is 63.1 Å². The van der Waals surface area contributed by atoms with Gasteiger partial charge in [0.15, 0.2) is 0 Å². The third kappa shape index (κ3) is 8.87. The summed E-state index contributed by atoms with van der Waals surface area (Å²) in [5.41, 5.74) is -3.76. The first kappa shape index (κ1) is 28.7. The van der Waals surface area contributed by atoms with E-state index >= 15 is 0 Å². The van der Waals surface area contributed by atoms with E-state index in [1.165, 1.54) is 0 Å². The average Bonchev–Trinajstić information content (AvgIpc) is 2.65. The second-order valence-corrected chi connectivity index (χ2v) is 8.32. The van der Waals surface area contributed by atoms with Crippen LogP contribution >= 0.6 is 0 Å². The number of benzene rings is 1. The molecule has 0 saturated carbocycles. The third-order valence-corrected chi connectivity index (χ3v) is 5.04. The van der Waals surface area contributed by atoms with Crippen molar-refractivity contribution in [1.29, 1.82) is 0 Å². The molecule has 0 amide bonds. The highest BCUT2D eigenvalue weighted by molar-refractivity contribution is 7.85. The molecule has 0 spiro atoms. The molecule has 0 aliphatic heterocycles. The highest BCUT2D eigenvalue weighted by Crippen LogP contribution is 2.47. The number of hydrogen-bond donors (Lipinski definition) is 1. The molecule has 184 valence electrons. The van der Waals surface area contributed by atoms with E-state index in [4.69, 9.17) is 17.1 Å². The molecule has 0 saturated heterocycles. The lowest BCUT2D eigenvalue weighted by Gasteiger charge is -2.35. The summed E-state index contributed by atoms with van der Waals surface area (Å²) < 4.78 is 117. The summed E-state index contributed by atoms with van der Waals surface area (Å²) in [6, 6.07) is 7.05. The van der Waals surface area contributed by atoms with E-state index in [1.54, 1.807) is 24.3 Å². The molecule has 0 aliphatic rings. The van der Waals surface area contributed by atoms with E-state index < -0.39 is 65.0 Å². The van der Waals surface area contributed by atoms with Crippen LogP contribution in [0.15, 0.2) is 24.3 Å². The summed E-state index contributed by atoms with van der Waals surface area (Å²) in [6.07, 6.45) is -14.3. The molecule has 0 fully saturated rings. The number of rotatable bonds is 11. The third-order valence-electron chi connectivity index (χ3n) is 4.26. The van der Waals surface area contributed by atoms with Gasteiger partial charge in [-0.1, -0.05) is 36.1 Å². The van der Waals surface area contributed by atoms with E-state index in [9.17, 15) is 44.3 Å². The number of ether oxygens (including phenoxy) is 2. The van der Waals surface area contributed by atoms with Gasteiger partial charge in [0.2, 0.25) is 0 Å². The second kappa shape index (κ2) is 11.2. The summed E-state index contributed by atoms with van der Waals surface area (Å²) in [5.74, 6) is -5.90. The number of hydrogen-bond acceptors (Lipinski definition) is 6. The topological polar surface area (TPSA) is 107 Å². The number of halogens is 6. The van der Waals surface area contributed by atoms with Crippen molar-refractivity contribution in [3.05, 3.63) is 35.4 Å². The maximum Gasteiger partial charge on any atom is 0.438 e. The molecule has 7 nitrogen and oxygen atoms in total. The minimum absolute atomic E-state index is 0.0646. The van der Waals surface area contributed by atoms with Gasteiger partial charge in [0.05, 0.1) is 14.5 Å². The molecule has 0 heterocycles. The van der Waals surface area contributed by atoms with E-state index in [0.29, 0.717) is 12.7 Å². The fourth-order valence-corrected chi connectivity index (χ4v) is 3.45. The molecule has 2 radical (unpaired) electrons. The minimum atomic E-state index is -6.40. The SMILES string of the molecule is [B]Cc1ccc(CCOC(=O)CCCC(=O)OC(CS(=O)(=O)O)(C(F)(F)F)C(F)(F)F)cc1. The Balaban J connectivity index is 2.62. The van der Waals surface area contributed by atoms with Gasteiger partial charge in [-0.3, -0.25) is 14.1 Å². The fourth-order valence-electron chi connectivity index (χ4n) is 2.55. The maximum atomic E-state index is 13.1. The molecule has 1 aromatic carbocycles. The molecule has 0 bridgehead atoms. The lowest BCUT2D eigenvalue weighted by Crippen LogP contribution is -2.63. The predicted molar refractivity (Wildman–Crippen MR) is 102 cm³/mol. The van der Waals surface area contributed by atoms with Crippen LogP contribution in [0.25, 0.3) is 0 Å². The number of carbonyl (C=O) groups is 2. The lowest BCUT2D eigenvalue weighted by atomic mass is 9.96. The van der Waals surface area contributed by atoms with Crippen molar-refractivity contribution in [2.45, 2.75) is 50.0 Å². The Morgan fingerprint density at radius 1 is 0.909 bits per heavy atom. The Kier molecular flexibility index (Phi) is 9.78. The quantitative estimate of drug-likeness (QED) is 0.214. The zero-order valence-corrected chi connectivity index (χ0v) is 17.7. The van der Waals surface area contributed by atoms with Crippen molar-refractivity contribution in [2.24, 2.45) is 0 Å². The molecule has 1 N–H and O–H groups in total. The van der Waals surface area contributed by atoms with Crippen LogP contribution in [0.3, 0.4) is 0 Å². The van der Waals surface area contributed by atoms with Crippen LogP contribution < -0.4 is 0 Å². The second-order valence-electron chi connectivity index (χ2n) is 6.87. The molecule has 0 unspecified atom stereocenters. The average molecular weight is 504 g/mol. The summed E-state index contributed by atoms with van der Waals surface area (Å²) in [4.78, 5) is 23.3. The van der Waals surface area contributed by atoms with Crippen molar-refractivity contribution in [3.63, 3.8) is 0 Å². The van der Waals surface area contributed by atoms with Gasteiger partial charge in [0.1, 0.15) is 5.75 Å². The Bertz CT molecular complexity index is 900. The Morgan fingerprint density at radius 2 is 1.39 bits per heavy atom. The smallest absolute Gasteiger partial charge is 0.438 e. The van der Waals surface area contributed by atoms with Crippen LogP contribution in [-0.2, 0) is 41.9 Å². The van der Waals surface area contributed by atoms with E-state index in [0.717, 1.165) is 11.1 Å². The van der Waals surface area contributed by atoms with Crippen molar-refractivity contribution in [2.75, 3.05) is 12.4 Å². The molecule has 0 aliphatic carbocycles. The molecule has 1 aromatic rings. The van der Waals surface area contributed by atoms with E-state index in [-0.39, 0.29) is 6.61 Å². The van der Waals surface area contributed by atoms with Gasteiger partial charge in [-0.05, 0) is 12.0 Å². The van der Waals surface area contributed by atoms with E-state index in [2.05, 4.69) is 4.74 Å². The first-order valence-corrected chi connectivity index (χ1v) is 10.9. The maximum absolute atomic E-state index is 13.1. The summed E-state index contributed by atoms with van der Waals surface area (Å²) in [5, 5.41) is 0. The molecule has 1 rings (SSSR count). The Morgan fingerprint density at radius 3 is 1.85 bits per heavy atom. The van der Waals surface area contributed by atoms with Crippen molar-refractivity contribution >= 4 is 29.9 Å². The molecular formula is C18H19BF6O7S.